The first-order chi connectivity index (χ1) is 9.22. The normalized spacial score (nSPS) is 43.5. The summed E-state index contributed by atoms with van der Waals surface area (Å²) in [7, 11) is 1.80. The van der Waals surface area contributed by atoms with Crippen molar-refractivity contribution in [2.24, 2.45) is 23.5 Å². The zero-order chi connectivity index (χ0) is 13.0. The summed E-state index contributed by atoms with van der Waals surface area (Å²) in [6.45, 7) is 0. The summed E-state index contributed by atoms with van der Waals surface area (Å²) in [5.41, 5.74) is 8.25. The molecule has 1 aromatic rings. The molecule has 0 amide bonds. The Morgan fingerprint density at radius 1 is 1.11 bits per heavy atom. The Balaban J connectivity index is 1.78. The lowest BCUT2D eigenvalue weighted by atomic mass is 9.46. The average molecular weight is 257 g/mol. The molecule has 0 radical (unpaired) electrons. The molecule has 1 aromatic carbocycles. The zero-order valence-corrected chi connectivity index (χ0v) is 11.6. The minimum Gasteiger partial charge on any atom is -0.496 e. The molecule has 4 bridgehead atoms. The molecule has 4 aliphatic carbocycles. The van der Waals surface area contributed by atoms with Gasteiger partial charge in [-0.15, -0.1) is 0 Å². The van der Waals surface area contributed by atoms with Crippen LogP contribution in [0, 0.1) is 17.8 Å². The fourth-order valence-corrected chi connectivity index (χ4v) is 5.48. The van der Waals surface area contributed by atoms with Crippen molar-refractivity contribution in [2.45, 2.75) is 43.6 Å². The van der Waals surface area contributed by atoms with E-state index in [-0.39, 0.29) is 0 Å². The summed E-state index contributed by atoms with van der Waals surface area (Å²) in [4.78, 5) is 0. The van der Waals surface area contributed by atoms with E-state index in [9.17, 15) is 0 Å². The molecule has 5 rings (SSSR count). The quantitative estimate of drug-likeness (QED) is 0.883. The molecule has 19 heavy (non-hydrogen) atoms. The van der Waals surface area contributed by atoms with Crippen molar-refractivity contribution in [3.8, 4) is 5.75 Å². The molecule has 4 fully saturated rings. The molecule has 2 nitrogen and oxygen atoms in total. The highest BCUT2D eigenvalue weighted by molar-refractivity contribution is 5.41. The number of rotatable bonds is 2. The van der Waals surface area contributed by atoms with Crippen molar-refractivity contribution in [3.63, 3.8) is 0 Å². The summed E-state index contributed by atoms with van der Waals surface area (Å²) in [5, 5.41) is 0. The van der Waals surface area contributed by atoms with Crippen LogP contribution in [-0.2, 0) is 5.41 Å². The first-order valence-electron chi connectivity index (χ1n) is 7.61. The fraction of sp³-hybridized carbons (Fsp3) is 0.647. The Morgan fingerprint density at radius 3 is 2.47 bits per heavy atom. The van der Waals surface area contributed by atoms with Crippen LogP contribution in [0.4, 0.5) is 0 Å². The number of para-hydroxylation sites is 1. The maximum Gasteiger partial charge on any atom is 0.122 e. The minimum atomic E-state index is 0.360. The lowest BCUT2D eigenvalue weighted by molar-refractivity contribution is -0.0234. The summed E-state index contributed by atoms with van der Waals surface area (Å²) in [6, 6.07) is 9.11. The molecular weight excluding hydrogens is 234 g/mol. The molecule has 102 valence electrons. The maximum atomic E-state index is 6.44. The van der Waals surface area contributed by atoms with E-state index in [1.54, 1.807) is 7.11 Å². The Kier molecular flexibility index (Phi) is 2.47. The molecular formula is C17H23NO. The van der Waals surface area contributed by atoms with E-state index < -0.39 is 0 Å². The van der Waals surface area contributed by atoms with Crippen LogP contribution in [0.3, 0.4) is 0 Å². The highest BCUT2D eigenvalue weighted by Crippen LogP contribution is 2.61. The van der Waals surface area contributed by atoms with Crippen molar-refractivity contribution >= 4 is 0 Å². The smallest absolute Gasteiger partial charge is 0.122 e. The first kappa shape index (κ1) is 11.8. The molecule has 2 heteroatoms. The van der Waals surface area contributed by atoms with Gasteiger partial charge in [0.05, 0.1) is 7.11 Å². The number of nitrogens with two attached hydrogens (primary N) is 1. The van der Waals surface area contributed by atoms with Gasteiger partial charge in [0.15, 0.2) is 0 Å². The van der Waals surface area contributed by atoms with Crippen LogP contribution in [0.2, 0.25) is 0 Å². The van der Waals surface area contributed by atoms with Crippen LogP contribution in [0.5, 0.6) is 5.75 Å². The molecule has 2 atom stereocenters. The van der Waals surface area contributed by atoms with E-state index in [4.69, 9.17) is 10.5 Å². The highest BCUT2D eigenvalue weighted by atomic mass is 16.5. The van der Waals surface area contributed by atoms with E-state index in [1.807, 2.05) is 0 Å². The van der Waals surface area contributed by atoms with E-state index in [2.05, 4.69) is 24.3 Å². The van der Waals surface area contributed by atoms with Crippen molar-refractivity contribution in [2.75, 3.05) is 7.11 Å². The van der Waals surface area contributed by atoms with Gasteiger partial charge in [0, 0.05) is 11.6 Å². The number of hydrogen-bond acceptors (Lipinski definition) is 2. The van der Waals surface area contributed by atoms with Crippen LogP contribution < -0.4 is 10.5 Å². The Morgan fingerprint density at radius 2 is 1.79 bits per heavy atom. The van der Waals surface area contributed by atoms with E-state index in [0.29, 0.717) is 11.5 Å². The monoisotopic (exact) mass is 257 g/mol. The highest BCUT2D eigenvalue weighted by Gasteiger charge is 2.55. The van der Waals surface area contributed by atoms with Gasteiger partial charge >= 0.3 is 0 Å². The standard InChI is InChI=1S/C17H23NO/c1-19-15-5-3-2-4-14(15)17-8-11-6-12(9-17)16(18)13(7-11)10-17/h2-5,11-13,16H,6-10,18H2,1H3. The molecule has 0 saturated heterocycles. The van der Waals surface area contributed by atoms with Crippen LogP contribution in [0.25, 0.3) is 0 Å². The molecule has 0 aliphatic heterocycles. The molecule has 0 heterocycles. The molecule has 2 N–H and O–H groups in total. The van der Waals surface area contributed by atoms with Crippen molar-refractivity contribution in [1.29, 1.82) is 0 Å². The Labute approximate surface area is 115 Å². The summed E-state index contributed by atoms with van der Waals surface area (Å²) < 4.78 is 5.63. The van der Waals surface area contributed by atoms with Crippen molar-refractivity contribution in [3.05, 3.63) is 29.8 Å². The number of hydrogen-bond donors (Lipinski definition) is 1. The van der Waals surface area contributed by atoms with Crippen LogP contribution in [0.1, 0.15) is 37.7 Å². The fourth-order valence-electron chi connectivity index (χ4n) is 5.48. The van der Waals surface area contributed by atoms with Gasteiger partial charge in [0.25, 0.3) is 0 Å². The first-order valence-corrected chi connectivity index (χ1v) is 7.61. The predicted molar refractivity (Wildman–Crippen MR) is 76.2 cm³/mol. The summed E-state index contributed by atoms with van der Waals surface area (Å²) in [6.07, 6.45) is 6.65. The van der Waals surface area contributed by atoms with Crippen molar-refractivity contribution in [1.82, 2.24) is 0 Å². The summed E-state index contributed by atoms with van der Waals surface area (Å²) >= 11 is 0. The second kappa shape index (κ2) is 3.99. The molecule has 4 saturated carbocycles. The topological polar surface area (TPSA) is 35.2 Å². The number of ether oxygens (including phenoxy) is 1. The Bertz CT molecular complexity index is 482. The second-order valence-electron chi connectivity index (χ2n) is 7.03. The van der Waals surface area contributed by atoms with Crippen LogP contribution >= 0.6 is 0 Å². The van der Waals surface area contributed by atoms with Gasteiger partial charge in [-0.2, -0.15) is 0 Å². The molecule has 4 aliphatic rings. The lowest BCUT2D eigenvalue weighted by Gasteiger charge is -2.59. The van der Waals surface area contributed by atoms with E-state index >= 15 is 0 Å². The van der Waals surface area contributed by atoms with E-state index in [1.165, 1.54) is 37.7 Å². The van der Waals surface area contributed by atoms with Gasteiger partial charge in [-0.05, 0) is 61.3 Å². The maximum absolute atomic E-state index is 6.44. The van der Waals surface area contributed by atoms with Gasteiger partial charge in [0.1, 0.15) is 5.75 Å². The minimum absolute atomic E-state index is 0.360. The van der Waals surface area contributed by atoms with Crippen LogP contribution in [-0.4, -0.2) is 13.2 Å². The van der Waals surface area contributed by atoms with Gasteiger partial charge in [-0.25, -0.2) is 0 Å². The third-order valence-electron chi connectivity index (χ3n) is 6.02. The second-order valence-corrected chi connectivity index (χ2v) is 7.03. The average Bonchev–Trinajstić information content (AvgIpc) is 2.43. The largest absolute Gasteiger partial charge is 0.496 e. The third kappa shape index (κ3) is 1.59. The third-order valence-corrected chi connectivity index (χ3v) is 6.02. The molecule has 2 unspecified atom stereocenters. The van der Waals surface area contributed by atoms with Gasteiger partial charge in [-0.1, -0.05) is 18.2 Å². The number of methoxy groups -OCH3 is 1. The SMILES string of the molecule is COc1ccccc1C12CC3CC(C1)C(N)C(C3)C2. The van der Waals surface area contributed by atoms with Gasteiger partial charge < -0.3 is 10.5 Å². The van der Waals surface area contributed by atoms with Gasteiger partial charge in [-0.3, -0.25) is 0 Å². The van der Waals surface area contributed by atoms with Gasteiger partial charge in [0.2, 0.25) is 0 Å². The summed E-state index contributed by atoms with van der Waals surface area (Å²) in [5.74, 6) is 3.48. The van der Waals surface area contributed by atoms with E-state index in [0.717, 1.165) is 23.5 Å². The molecule has 0 aromatic heterocycles. The number of benzene rings is 1. The van der Waals surface area contributed by atoms with Crippen molar-refractivity contribution < 1.29 is 4.74 Å². The van der Waals surface area contributed by atoms with Crippen LogP contribution in [0.15, 0.2) is 24.3 Å². The zero-order valence-electron chi connectivity index (χ0n) is 11.6. The predicted octanol–water partition coefficient (Wildman–Crippen LogP) is 3.10. The Hall–Kier alpha value is -1.02. The molecule has 0 spiro atoms. The lowest BCUT2D eigenvalue weighted by Crippen LogP contribution is -2.58.